The smallest absolute Gasteiger partial charge is 0.262 e. The molecule has 2 heterocycles. The Hall–Kier alpha value is -0.930. The fourth-order valence-electron chi connectivity index (χ4n) is 3.24. The first-order chi connectivity index (χ1) is 11.9. The van der Waals surface area contributed by atoms with Crippen LogP contribution in [0.4, 0.5) is 18.9 Å². The van der Waals surface area contributed by atoms with Gasteiger partial charge in [-0.2, -0.15) is 0 Å². The molecule has 11 heteroatoms. The summed E-state index contributed by atoms with van der Waals surface area (Å²) < 4.78 is 39.1. The van der Waals surface area contributed by atoms with Gasteiger partial charge in [0.1, 0.15) is 5.82 Å². The van der Waals surface area contributed by atoms with Crippen LogP contribution in [0.25, 0.3) is 0 Å². The van der Waals surface area contributed by atoms with E-state index in [-0.39, 0.29) is 48.9 Å². The second kappa shape index (κ2) is 11.9. The van der Waals surface area contributed by atoms with Crippen LogP contribution in [0.1, 0.15) is 6.42 Å². The van der Waals surface area contributed by atoms with Crippen LogP contribution in [0.2, 0.25) is 0 Å². The number of carbonyl (C=O) groups is 1. The normalized spacial score (nSPS) is 21.1. The largest absolute Gasteiger partial charge is 0.369 e. The molecule has 1 aromatic rings. The molecule has 2 saturated heterocycles. The molecule has 0 radical (unpaired) electrons. The van der Waals surface area contributed by atoms with Crippen molar-refractivity contribution in [3.63, 3.8) is 0 Å². The van der Waals surface area contributed by atoms with E-state index in [0.717, 1.165) is 31.9 Å². The van der Waals surface area contributed by atoms with E-state index in [1.54, 1.807) is 12.1 Å². The van der Waals surface area contributed by atoms with Gasteiger partial charge in [-0.25, -0.2) is 13.2 Å². The molecule has 2 aliphatic rings. The Morgan fingerprint density at radius 3 is 2.25 bits per heavy atom. The lowest BCUT2D eigenvalue weighted by Gasteiger charge is -2.36. The minimum absolute atomic E-state index is 0. The quantitative estimate of drug-likeness (QED) is 0.701. The van der Waals surface area contributed by atoms with Crippen LogP contribution in [0.3, 0.4) is 0 Å². The average molecular weight is 466 g/mol. The van der Waals surface area contributed by atoms with E-state index in [9.17, 15) is 18.0 Å². The Morgan fingerprint density at radius 1 is 1.11 bits per heavy atom. The SMILES string of the molecule is Cl.Cl.Cl.O=C(NCCN1CCN(c2ccc(F)cc2)CC1)C1CC(F)(F)CN1. The molecule has 1 unspecified atom stereocenters. The monoisotopic (exact) mass is 464 g/mol. The Bertz CT molecular complexity index is 602. The van der Waals surface area contributed by atoms with Crippen molar-refractivity contribution in [2.24, 2.45) is 0 Å². The highest BCUT2D eigenvalue weighted by molar-refractivity contribution is 5.86. The van der Waals surface area contributed by atoms with Crippen LogP contribution in [0.15, 0.2) is 24.3 Å². The molecule has 0 saturated carbocycles. The van der Waals surface area contributed by atoms with Crippen LogP contribution >= 0.6 is 37.2 Å². The molecule has 28 heavy (non-hydrogen) atoms. The molecule has 1 amide bonds. The lowest BCUT2D eigenvalue weighted by molar-refractivity contribution is -0.123. The first kappa shape index (κ1) is 27.1. The fourth-order valence-corrected chi connectivity index (χ4v) is 3.24. The summed E-state index contributed by atoms with van der Waals surface area (Å²) in [6.07, 6.45) is -0.435. The van der Waals surface area contributed by atoms with Gasteiger partial charge < -0.3 is 10.2 Å². The molecule has 2 aliphatic heterocycles. The third-order valence-electron chi connectivity index (χ3n) is 4.72. The Kier molecular flexibility index (Phi) is 11.5. The Morgan fingerprint density at radius 2 is 1.71 bits per heavy atom. The summed E-state index contributed by atoms with van der Waals surface area (Å²) in [5, 5.41) is 5.28. The van der Waals surface area contributed by atoms with Crippen molar-refractivity contribution in [2.75, 3.05) is 50.7 Å². The molecule has 0 aromatic heterocycles. The van der Waals surface area contributed by atoms with Gasteiger partial charge in [0.2, 0.25) is 5.91 Å². The summed E-state index contributed by atoms with van der Waals surface area (Å²) in [5.74, 6) is -3.40. The predicted molar refractivity (Wildman–Crippen MR) is 111 cm³/mol. The van der Waals surface area contributed by atoms with E-state index < -0.39 is 24.9 Å². The number of benzene rings is 1. The summed E-state index contributed by atoms with van der Waals surface area (Å²) >= 11 is 0. The highest BCUT2D eigenvalue weighted by Crippen LogP contribution is 2.25. The van der Waals surface area contributed by atoms with E-state index in [0.29, 0.717) is 13.1 Å². The standard InChI is InChI=1S/C17H23F3N4O.3ClH/c18-13-1-3-14(4-2-13)24-9-7-23(8-10-24)6-5-21-16(25)15-11-17(19,20)12-22-15;;;/h1-4,15,22H,5-12H2,(H,21,25);3*1H. The highest BCUT2D eigenvalue weighted by atomic mass is 35.5. The van der Waals surface area contributed by atoms with Gasteiger partial charge in [-0.1, -0.05) is 0 Å². The molecule has 0 bridgehead atoms. The molecule has 2 fully saturated rings. The summed E-state index contributed by atoms with van der Waals surface area (Å²) in [5.41, 5.74) is 1.00. The lowest BCUT2D eigenvalue weighted by Crippen LogP contribution is -2.49. The summed E-state index contributed by atoms with van der Waals surface area (Å²) in [6, 6.07) is 5.66. The summed E-state index contributed by atoms with van der Waals surface area (Å²) in [7, 11) is 0. The first-order valence-corrected chi connectivity index (χ1v) is 8.55. The second-order valence-corrected chi connectivity index (χ2v) is 6.59. The van der Waals surface area contributed by atoms with Crippen LogP contribution in [-0.4, -0.2) is 68.6 Å². The molecule has 1 atom stereocenters. The van der Waals surface area contributed by atoms with Gasteiger partial charge in [-0.3, -0.25) is 15.0 Å². The number of anilines is 1. The maximum Gasteiger partial charge on any atom is 0.262 e. The number of rotatable bonds is 5. The molecule has 1 aromatic carbocycles. The van der Waals surface area contributed by atoms with Crippen molar-refractivity contribution >= 4 is 48.8 Å². The molecule has 0 aliphatic carbocycles. The number of nitrogens with zero attached hydrogens (tertiary/aromatic N) is 2. The molecule has 5 nitrogen and oxygen atoms in total. The van der Waals surface area contributed by atoms with Gasteiger partial charge in [0.25, 0.3) is 5.92 Å². The maximum absolute atomic E-state index is 13.1. The van der Waals surface area contributed by atoms with Gasteiger partial charge in [0.05, 0.1) is 12.6 Å². The number of hydrogen-bond acceptors (Lipinski definition) is 4. The van der Waals surface area contributed by atoms with Crippen molar-refractivity contribution in [3.8, 4) is 0 Å². The van der Waals surface area contributed by atoms with Crippen LogP contribution < -0.4 is 15.5 Å². The fraction of sp³-hybridized carbons (Fsp3) is 0.588. The Balaban J connectivity index is 0.00000243. The molecule has 162 valence electrons. The minimum atomic E-state index is -2.79. The number of carbonyl (C=O) groups excluding carboxylic acids is 1. The number of hydrogen-bond donors (Lipinski definition) is 2. The number of alkyl halides is 2. The second-order valence-electron chi connectivity index (χ2n) is 6.59. The first-order valence-electron chi connectivity index (χ1n) is 8.55. The summed E-state index contributed by atoms with van der Waals surface area (Å²) in [4.78, 5) is 16.3. The topological polar surface area (TPSA) is 47.6 Å². The zero-order chi connectivity index (χ0) is 17.9. The maximum atomic E-state index is 13.1. The van der Waals surface area contributed by atoms with Crippen molar-refractivity contribution in [1.82, 2.24) is 15.5 Å². The zero-order valence-electron chi connectivity index (χ0n) is 15.2. The van der Waals surface area contributed by atoms with E-state index >= 15 is 0 Å². The number of amides is 1. The lowest BCUT2D eigenvalue weighted by atomic mass is 10.2. The number of halogens is 6. The molecule has 3 rings (SSSR count). The van der Waals surface area contributed by atoms with Crippen LogP contribution in [0.5, 0.6) is 0 Å². The third kappa shape index (κ3) is 7.48. The predicted octanol–water partition coefficient (Wildman–Crippen LogP) is 2.33. The van der Waals surface area contributed by atoms with E-state index in [1.807, 2.05) is 0 Å². The van der Waals surface area contributed by atoms with E-state index in [2.05, 4.69) is 20.4 Å². The van der Waals surface area contributed by atoms with Gasteiger partial charge in [0.15, 0.2) is 0 Å². The Labute approximate surface area is 181 Å². The van der Waals surface area contributed by atoms with Gasteiger partial charge in [-0.15, -0.1) is 37.2 Å². The zero-order valence-corrected chi connectivity index (χ0v) is 17.7. The van der Waals surface area contributed by atoms with E-state index in [1.165, 1.54) is 12.1 Å². The molecular weight excluding hydrogens is 440 g/mol. The van der Waals surface area contributed by atoms with Crippen LogP contribution in [-0.2, 0) is 4.79 Å². The van der Waals surface area contributed by atoms with E-state index in [4.69, 9.17) is 0 Å². The van der Waals surface area contributed by atoms with Gasteiger partial charge >= 0.3 is 0 Å². The third-order valence-corrected chi connectivity index (χ3v) is 4.72. The van der Waals surface area contributed by atoms with Crippen molar-refractivity contribution in [1.29, 1.82) is 0 Å². The molecule has 2 N–H and O–H groups in total. The van der Waals surface area contributed by atoms with Crippen molar-refractivity contribution in [3.05, 3.63) is 30.1 Å². The highest BCUT2D eigenvalue weighted by Gasteiger charge is 2.42. The van der Waals surface area contributed by atoms with Crippen molar-refractivity contribution in [2.45, 2.75) is 18.4 Å². The van der Waals surface area contributed by atoms with Crippen LogP contribution in [0, 0.1) is 5.82 Å². The number of nitrogens with one attached hydrogen (secondary N) is 2. The molecular formula is C17H26Cl3F3N4O. The molecule has 0 spiro atoms. The van der Waals surface area contributed by atoms with Gasteiger partial charge in [0, 0.05) is 51.4 Å². The minimum Gasteiger partial charge on any atom is -0.369 e. The van der Waals surface area contributed by atoms with Gasteiger partial charge in [-0.05, 0) is 24.3 Å². The number of piperazine rings is 1. The summed E-state index contributed by atoms with van der Waals surface area (Å²) in [6.45, 7) is 4.04. The average Bonchev–Trinajstić information content (AvgIpc) is 2.96. The van der Waals surface area contributed by atoms with Crippen molar-refractivity contribution < 1.29 is 18.0 Å².